The van der Waals surface area contributed by atoms with Gasteiger partial charge in [-0.3, -0.25) is 14.7 Å². The summed E-state index contributed by atoms with van der Waals surface area (Å²) in [6.45, 7) is 6.03. The molecule has 1 amide bonds. The first-order valence-corrected chi connectivity index (χ1v) is 9.00. The van der Waals surface area contributed by atoms with Crippen molar-refractivity contribution >= 4 is 17.5 Å². The van der Waals surface area contributed by atoms with Gasteiger partial charge in [-0.1, -0.05) is 42.0 Å². The minimum absolute atomic E-state index is 0.0519. The lowest BCUT2D eigenvalue weighted by Crippen LogP contribution is -2.27. The monoisotopic (exact) mass is 359 g/mol. The Labute approximate surface area is 157 Å². The summed E-state index contributed by atoms with van der Waals surface area (Å²) >= 11 is 0. The van der Waals surface area contributed by atoms with Crippen LogP contribution in [0.5, 0.6) is 0 Å². The third kappa shape index (κ3) is 3.05. The van der Waals surface area contributed by atoms with Gasteiger partial charge in [0, 0.05) is 17.5 Å². The average molecular weight is 359 g/mol. The molecule has 0 radical (unpaired) electrons. The first-order chi connectivity index (χ1) is 12.9. The lowest BCUT2D eigenvalue weighted by atomic mass is 9.83. The molecule has 0 bridgehead atoms. The molecule has 0 saturated carbocycles. The van der Waals surface area contributed by atoms with Gasteiger partial charge in [-0.05, 0) is 43.5 Å². The van der Waals surface area contributed by atoms with Gasteiger partial charge in [-0.15, -0.1) is 0 Å². The number of rotatable bonds is 3. The summed E-state index contributed by atoms with van der Waals surface area (Å²) in [5, 5.41) is 10.1. The minimum atomic E-state index is -0.550. The Morgan fingerprint density at radius 3 is 2.48 bits per heavy atom. The molecule has 5 nitrogen and oxygen atoms in total. The molecule has 1 aliphatic heterocycles. The minimum Gasteiger partial charge on any atom is -0.309 e. The van der Waals surface area contributed by atoms with E-state index in [0.717, 1.165) is 33.5 Å². The Bertz CT molecular complexity index is 1050. The Balaban J connectivity index is 1.80. The van der Waals surface area contributed by atoms with Crippen molar-refractivity contribution in [1.82, 2.24) is 10.2 Å². The summed E-state index contributed by atoms with van der Waals surface area (Å²) in [7, 11) is 0. The molecule has 0 fully saturated rings. The fourth-order valence-corrected chi connectivity index (χ4v) is 3.52. The van der Waals surface area contributed by atoms with Crippen molar-refractivity contribution in [1.29, 1.82) is 0 Å². The van der Waals surface area contributed by atoms with Crippen LogP contribution < -0.4 is 5.32 Å². The molecule has 27 heavy (non-hydrogen) atoms. The van der Waals surface area contributed by atoms with Crippen molar-refractivity contribution in [2.45, 2.75) is 33.1 Å². The zero-order chi connectivity index (χ0) is 19.1. The fraction of sp³-hybridized carbons (Fsp3) is 0.227. The van der Waals surface area contributed by atoms with Crippen LogP contribution in [0, 0.1) is 20.8 Å². The van der Waals surface area contributed by atoms with Crippen LogP contribution in [-0.4, -0.2) is 21.9 Å². The summed E-state index contributed by atoms with van der Waals surface area (Å²) in [6, 6.07) is 13.7. The number of carbonyl (C=O) groups excluding carboxylic acids is 2. The van der Waals surface area contributed by atoms with Crippen molar-refractivity contribution in [3.8, 4) is 11.3 Å². The number of nitrogens with zero attached hydrogens (tertiary/aromatic N) is 1. The average Bonchev–Trinajstić information content (AvgIpc) is 3.07. The van der Waals surface area contributed by atoms with E-state index >= 15 is 0 Å². The second kappa shape index (κ2) is 6.50. The molecule has 0 spiro atoms. The lowest BCUT2D eigenvalue weighted by Gasteiger charge is -2.22. The molecule has 5 heteroatoms. The van der Waals surface area contributed by atoms with Crippen LogP contribution in [0.1, 0.15) is 45.0 Å². The van der Waals surface area contributed by atoms with Gasteiger partial charge >= 0.3 is 0 Å². The number of carbonyl (C=O) groups is 2. The molecule has 4 rings (SSSR count). The van der Waals surface area contributed by atoms with Gasteiger partial charge in [0.1, 0.15) is 0 Å². The molecule has 1 aromatic heterocycles. The molecule has 3 aromatic rings. The summed E-state index contributed by atoms with van der Waals surface area (Å²) < 4.78 is 0. The predicted octanol–water partition coefficient (Wildman–Crippen LogP) is 4.31. The summed E-state index contributed by atoms with van der Waals surface area (Å²) in [5.74, 6) is -0.342. The third-order valence-corrected chi connectivity index (χ3v) is 5.25. The van der Waals surface area contributed by atoms with Gasteiger partial charge < -0.3 is 5.32 Å². The number of ketones is 1. The number of aryl methyl sites for hydroxylation is 3. The third-order valence-electron chi connectivity index (χ3n) is 5.25. The van der Waals surface area contributed by atoms with Crippen LogP contribution in [0.2, 0.25) is 0 Å². The highest BCUT2D eigenvalue weighted by Gasteiger charge is 2.36. The molecule has 136 valence electrons. The van der Waals surface area contributed by atoms with E-state index < -0.39 is 5.92 Å². The van der Waals surface area contributed by atoms with Gasteiger partial charge in [-0.2, -0.15) is 5.10 Å². The highest BCUT2D eigenvalue weighted by molar-refractivity contribution is 6.08. The van der Waals surface area contributed by atoms with E-state index in [2.05, 4.69) is 15.5 Å². The molecule has 2 N–H and O–H groups in total. The van der Waals surface area contributed by atoms with E-state index in [0.29, 0.717) is 11.4 Å². The number of hydrogen-bond donors (Lipinski definition) is 2. The van der Waals surface area contributed by atoms with Gasteiger partial charge in [0.25, 0.3) is 0 Å². The van der Waals surface area contributed by atoms with Crippen molar-refractivity contribution in [2.24, 2.45) is 0 Å². The molecule has 0 aliphatic carbocycles. The van der Waals surface area contributed by atoms with Gasteiger partial charge in [-0.25, -0.2) is 0 Å². The number of H-pyrrole nitrogens is 1. The van der Waals surface area contributed by atoms with Crippen molar-refractivity contribution in [3.05, 3.63) is 70.3 Å². The number of aromatic amines is 1. The quantitative estimate of drug-likeness (QED) is 0.684. The predicted molar refractivity (Wildman–Crippen MR) is 105 cm³/mol. The van der Waals surface area contributed by atoms with Crippen LogP contribution in [0.3, 0.4) is 0 Å². The number of nitrogens with one attached hydrogen (secondary N) is 2. The number of Topliss-reactive ketones (excluding diaryl/α,β-unsaturated/α-hetero) is 1. The number of benzene rings is 2. The number of fused-ring (bicyclic) bond motifs is 1. The Kier molecular flexibility index (Phi) is 4.15. The number of aromatic nitrogens is 2. The molecule has 1 aliphatic rings. The topological polar surface area (TPSA) is 74.8 Å². The zero-order valence-electron chi connectivity index (χ0n) is 15.6. The number of anilines is 1. The van der Waals surface area contributed by atoms with Crippen LogP contribution >= 0.6 is 0 Å². The molecule has 2 heterocycles. The molecular weight excluding hydrogens is 338 g/mol. The Morgan fingerprint density at radius 2 is 1.78 bits per heavy atom. The van der Waals surface area contributed by atoms with E-state index in [1.165, 1.54) is 0 Å². The number of amides is 1. The maximum absolute atomic E-state index is 13.3. The molecule has 0 unspecified atom stereocenters. The first kappa shape index (κ1) is 17.2. The van der Waals surface area contributed by atoms with Crippen molar-refractivity contribution in [3.63, 3.8) is 0 Å². The molecule has 1 atom stereocenters. The van der Waals surface area contributed by atoms with Crippen LogP contribution in [0.25, 0.3) is 11.3 Å². The second-order valence-corrected chi connectivity index (χ2v) is 7.20. The van der Waals surface area contributed by atoms with Gasteiger partial charge in [0.05, 0.1) is 11.6 Å². The zero-order valence-corrected chi connectivity index (χ0v) is 15.6. The second-order valence-electron chi connectivity index (χ2n) is 7.20. The first-order valence-electron chi connectivity index (χ1n) is 9.00. The molecule has 2 aromatic carbocycles. The van der Waals surface area contributed by atoms with Crippen LogP contribution in [-0.2, 0) is 4.79 Å². The molecular formula is C22H21N3O2. The van der Waals surface area contributed by atoms with Gasteiger partial charge in [0.15, 0.2) is 11.6 Å². The molecule has 0 saturated heterocycles. The van der Waals surface area contributed by atoms with E-state index in [-0.39, 0.29) is 18.1 Å². The Hall–Kier alpha value is -3.21. The van der Waals surface area contributed by atoms with E-state index in [4.69, 9.17) is 0 Å². The van der Waals surface area contributed by atoms with Crippen LogP contribution in [0.4, 0.5) is 5.82 Å². The maximum atomic E-state index is 13.3. The van der Waals surface area contributed by atoms with Crippen LogP contribution in [0.15, 0.2) is 42.5 Å². The van der Waals surface area contributed by atoms with Crippen molar-refractivity contribution < 1.29 is 9.59 Å². The summed E-state index contributed by atoms with van der Waals surface area (Å²) in [4.78, 5) is 25.5. The normalized spacial score (nSPS) is 16.0. The van der Waals surface area contributed by atoms with Crippen molar-refractivity contribution in [2.75, 3.05) is 5.32 Å². The van der Waals surface area contributed by atoms with E-state index in [1.807, 2.05) is 63.2 Å². The summed E-state index contributed by atoms with van der Waals surface area (Å²) in [6.07, 6.45) is 0.122. The largest absolute Gasteiger partial charge is 0.309 e. The van der Waals surface area contributed by atoms with E-state index in [1.54, 1.807) is 0 Å². The highest BCUT2D eigenvalue weighted by Crippen LogP contribution is 2.40. The smallest absolute Gasteiger partial charge is 0.226 e. The van der Waals surface area contributed by atoms with E-state index in [9.17, 15) is 9.59 Å². The fourth-order valence-electron chi connectivity index (χ4n) is 3.52. The summed E-state index contributed by atoms with van der Waals surface area (Å²) in [5.41, 5.74) is 6.48. The standard InChI is InChI=1S/C22H21N3O2/c1-12-4-7-15(8-5-12)20-19-17(11-18(26)23-22(19)25-24-20)21(27)16-9-6-13(2)14(3)10-16/h4-10,17H,11H2,1-3H3,(H2,23,24,25,26)/t17-/m1/s1. The lowest BCUT2D eigenvalue weighted by molar-refractivity contribution is -0.116. The van der Waals surface area contributed by atoms with Gasteiger partial charge in [0.2, 0.25) is 5.91 Å². The Morgan fingerprint density at radius 1 is 1.04 bits per heavy atom. The highest BCUT2D eigenvalue weighted by atomic mass is 16.2. The SMILES string of the molecule is Cc1ccc(-c2[nH]nc3c2[C@H](C(=O)c2ccc(C)c(C)c2)CC(=O)N3)cc1. The maximum Gasteiger partial charge on any atom is 0.226 e. The number of hydrogen-bond acceptors (Lipinski definition) is 3.